The van der Waals surface area contributed by atoms with Gasteiger partial charge in [-0.2, -0.15) is 0 Å². The summed E-state index contributed by atoms with van der Waals surface area (Å²) in [7, 11) is 0. The Balaban J connectivity index is 1.76. The van der Waals surface area contributed by atoms with Crippen LogP contribution in [0.2, 0.25) is 5.02 Å². The molecule has 22 heavy (non-hydrogen) atoms. The maximum absolute atomic E-state index is 12.1. The van der Waals surface area contributed by atoms with Gasteiger partial charge in [0.2, 0.25) is 11.0 Å². The van der Waals surface area contributed by atoms with Crippen molar-refractivity contribution < 1.29 is 14.3 Å². The second-order valence-electron chi connectivity index (χ2n) is 4.62. The highest BCUT2D eigenvalue weighted by Crippen LogP contribution is 2.34. The number of carbonyl (C=O) groups is 2. The fraction of sp³-hybridized carbons (Fsp3) is 0.231. The fourth-order valence-electron chi connectivity index (χ4n) is 2.04. The summed E-state index contributed by atoms with van der Waals surface area (Å²) in [5.74, 6) is -0.327. The van der Waals surface area contributed by atoms with Gasteiger partial charge in [-0.15, -0.1) is 10.2 Å². The van der Waals surface area contributed by atoms with E-state index in [4.69, 9.17) is 16.3 Å². The molecule has 3 rings (SSSR count). The fourth-order valence-corrected chi connectivity index (χ4v) is 2.81. The molecule has 1 N–H and O–H groups in total. The van der Waals surface area contributed by atoms with E-state index in [2.05, 4.69) is 15.5 Å². The topological polar surface area (TPSA) is 84.4 Å². The summed E-state index contributed by atoms with van der Waals surface area (Å²) in [6.07, 6.45) is 0. The number of hydrogen-bond acceptors (Lipinski definition) is 7. The van der Waals surface area contributed by atoms with Crippen molar-refractivity contribution in [1.29, 1.82) is 0 Å². The number of ether oxygens (including phenoxy) is 1. The quantitative estimate of drug-likeness (QED) is 0.679. The Morgan fingerprint density at radius 1 is 1.50 bits per heavy atom. The molecule has 0 saturated heterocycles. The first-order valence-electron chi connectivity index (χ1n) is 6.36. The van der Waals surface area contributed by atoms with E-state index in [0.29, 0.717) is 21.6 Å². The minimum absolute atomic E-state index is 0.0128. The van der Waals surface area contributed by atoms with Gasteiger partial charge >= 0.3 is 5.97 Å². The predicted octanol–water partition coefficient (Wildman–Crippen LogP) is 1.86. The molecule has 0 fully saturated rings. The van der Waals surface area contributed by atoms with Gasteiger partial charge in [0.15, 0.2) is 5.75 Å². The molecule has 0 bridgehead atoms. The van der Waals surface area contributed by atoms with Crippen LogP contribution < -0.4 is 15.0 Å². The number of hydrogen-bond donors (Lipinski definition) is 1. The first kappa shape index (κ1) is 14.7. The van der Waals surface area contributed by atoms with Crippen LogP contribution in [0.25, 0.3) is 0 Å². The van der Waals surface area contributed by atoms with Gasteiger partial charge in [0, 0.05) is 5.02 Å². The molecule has 0 radical (unpaired) electrons. The molecule has 114 valence electrons. The minimum Gasteiger partial charge on any atom is -0.423 e. The van der Waals surface area contributed by atoms with Gasteiger partial charge in [0.25, 0.3) is 0 Å². The summed E-state index contributed by atoms with van der Waals surface area (Å²) >= 11 is 7.24. The maximum Gasteiger partial charge on any atom is 0.331 e. The van der Waals surface area contributed by atoms with Crippen molar-refractivity contribution in [2.75, 3.05) is 23.3 Å². The van der Waals surface area contributed by atoms with Crippen LogP contribution in [0.15, 0.2) is 18.2 Å². The van der Waals surface area contributed by atoms with Crippen molar-refractivity contribution in [3.63, 3.8) is 0 Å². The Labute approximate surface area is 134 Å². The van der Waals surface area contributed by atoms with E-state index in [1.807, 2.05) is 0 Å². The molecule has 9 heteroatoms. The second-order valence-corrected chi connectivity index (χ2v) is 6.23. The number of carbonyl (C=O) groups excluding carboxylic acids is 2. The summed E-state index contributed by atoms with van der Waals surface area (Å²) in [6.45, 7) is 1.77. The van der Waals surface area contributed by atoms with Crippen molar-refractivity contribution in [2.45, 2.75) is 6.92 Å². The molecule has 1 amide bonds. The third-order valence-electron chi connectivity index (χ3n) is 2.91. The minimum atomic E-state index is -0.422. The SMILES string of the molecule is Cc1nnc(NC(=O)CN2CC(=O)Oc3ccc(Cl)cc32)s1. The number of anilines is 2. The average Bonchev–Trinajstić information content (AvgIpc) is 2.84. The van der Waals surface area contributed by atoms with Crippen molar-refractivity contribution in [3.05, 3.63) is 28.2 Å². The lowest BCUT2D eigenvalue weighted by atomic mass is 10.2. The Morgan fingerprint density at radius 3 is 3.05 bits per heavy atom. The number of aryl methyl sites for hydroxylation is 1. The van der Waals surface area contributed by atoms with Crippen molar-refractivity contribution >= 4 is 45.6 Å². The van der Waals surface area contributed by atoms with Crippen LogP contribution in [0.5, 0.6) is 5.75 Å². The average molecular weight is 339 g/mol. The molecule has 2 aromatic rings. The van der Waals surface area contributed by atoms with Gasteiger partial charge in [-0.05, 0) is 25.1 Å². The number of fused-ring (bicyclic) bond motifs is 1. The number of rotatable bonds is 3. The van der Waals surface area contributed by atoms with E-state index in [9.17, 15) is 9.59 Å². The molecule has 0 atom stereocenters. The highest BCUT2D eigenvalue weighted by Gasteiger charge is 2.26. The monoisotopic (exact) mass is 338 g/mol. The van der Waals surface area contributed by atoms with E-state index >= 15 is 0 Å². The summed E-state index contributed by atoms with van der Waals surface area (Å²) in [5, 5.41) is 12.0. The Bertz CT molecular complexity index is 749. The van der Waals surface area contributed by atoms with E-state index in [1.54, 1.807) is 30.0 Å². The zero-order chi connectivity index (χ0) is 15.7. The van der Waals surface area contributed by atoms with Crippen LogP contribution in [0.3, 0.4) is 0 Å². The van der Waals surface area contributed by atoms with Gasteiger partial charge in [-0.3, -0.25) is 10.1 Å². The third kappa shape index (κ3) is 3.18. The first-order valence-corrected chi connectivity index (χ1v) is 7.56. The molecule has 0 spiro atoms. The number of halogens is 1. The summed E-state index contributed by atoms with van der Waals surface area (Å²) in [6, 6.07) is 4.89. The van der Waals surface area contributed by atoms with Crippen LogP contribution in [0.4, 0.5) is 10.8 Å². The van der Waals surface area contributed by atoms with Gasteiger partial charge in [-0.25, -0.2) is 4.79 Å². The molecule has 0 unspecified atom stereocenters. The standard InChI is InChI=1S/C13H11ClN4O3S/c1-7-16-17-13(22-7)15-11(19)5-18-6-12(20)21-10-3-2-8(14)4-9(10)18/h2-4H,5-6H2,1H3,(H,15,17,19). The van der Waals surface area contributed by atoms with Gasteiger partial charge in [-0.1, -0.05) is 22.9 Å². The highest BCUT2D eigenvalue weighted by molar-refractivity contribution is 7.15. The van der Waals surface area contributed by atoms with Crippen molar-refractivity contribution in [1.82, 2.24) is 10.2 Å². The molecular weight excluding hydrogens is 328 g/mol. The predicted molar refractivity (Wildman–Crippen MR) is 82.6 cm³/mol. The van der Waals surface area contributed by atoms with E-state index < -0.39 is 5.97 Å². The van der Waals surface area contributed by atoms with E-state index in [-0.39, 0.29) is 19.0 Å². The molecule has 0 aliphatic carbocycles. The van der Waals surface area contributed by atoms with Crippen molar-refractivity contribution in [3.8, 4) is 5.75 Å². The van der Waals surface area contributed by atoms with E-state index in [1.165, 1.54) is 11.3 Å². The zero-order valence-electron chi connectivity index (χ0n) is 11.5. The second kappa shape index (κ2) is 5.90. The number of aromatic nitrogens is 2. The maximum atomic E-state index is 12.1. The smallest absolute Gasteiger partial charge is 0.331 e. The summed E-state index contributed by atoms with van der Waals surface area (Å²) in [5.41, 5.74) is 0.607. The molecule has 1 aromatic carbocycles. The molecule has 7 nitrogen and oxygen atoms in total. The third-order valence-corrected chi connectivity index (χ3v) is 3.90. The Morgan fingerprint density at radius 2 is 2.32 bits per heavy atom. The van der Waals surface area contributed by atoms with Gasteiger partial charge < -0.3 is 9.64 Å². The molecule has 1 aliphatic rings. The normalized spacial score (nSPS) is 13.5. The zero-order valence-corrected chi connectivity index (χ0v) is 13.1. The lowest BCUT2D eigenvalue weighted by Gasteiger charge is -2.29. The number of nitrogens with zero attached hydrogens (tertiary/aromatic N) is 3. The Hall–Kier alpha value is -2.19. The Kier molecular flexibility index (Phi) is 3.95. The number of amides is 1. The van der Waals surface area contributed by atoms with Crippen LogP contribution in [0, 0.1) is 6.92 Å². The van der Waals surface area contributed by atoms with Gasteiger partial charge in [0.05, 0.1) is 12.2 Å². The molecule has 2 heterocycles. The summed E-state index contributed by atoms with van der Waals surface area (Å²) < 4.78 is 5.13. The van der Waals surface area contributed by atoms with E-state index in [0.717, 1.165) is 5.01 Å². The summed E-state index contributed by atoms with van der Waals surface area (Å²) in [4.78, 5) is 25.3. The number of esters is 1. The molecule has 1 aliphatic heterocycles. The largest absolute Gasteiger partial charge is 0.423 e. The highest BCUT2D eigenvalue weighted by atomic mass is 35.5. The molecule has 0 saturated carbocycles. The molecule has 1 aromatic heterocycles. The van der Waals surface area contributed by atoms with Crippen molar-refractivity contribution in [2.24, 2.45) is 0 Å². The van der Waals surface area contributed by atoms with Crippen LogP contribution in [-0.4, -0.2) is 35.2 Å². The number of nitrogens with one attached hydrogen (secondary N) is 1. The number of benzene rings is 1. The van der Waals surface area contributed by atoms with Crippen LogP contribution in [0.1, 0.15) is 5.01 Å². The van der Waals surface area contributed by atoms with Crippen LogP contribution >= 0.6 is 22.9 Å². The lowest BCUT2D eigenvalue weighted by Crippen LogP contribution is -2.41. The van der Waals surface area contributed by atoms with Gasteiger partial charge in [0.1, 0.15) is 11.6 Å². The first-order chi connectivity index (χ1) is 10.5. The van der Waals surface area contributed by atoms with Crippen LogP contribution in [-0.2, 0) is 9.59 Å². The lowest BCUT2D eigenvalue weighted by molar-refractivity contribution is -0.133. The molecular formula is C13H11ClN4O3S.